The van der Waals surface area contributed by atoms with Crippen LogP contribution in [0.2, 0.25) is 0 Å². The van der Waals surface area contributed by atoms with E-state index in [9.17, 15) is 18.0 Å². The minimum Gasteiger partial charge on any atom is -0.401 e. The van der Waals surface area contributed by atoms with Gasteiger partial charge in [0.25, 0.3) is 0 Å². The molecule has 2 aliphatic carbocycles. The smallest absolute Gasteiger partial charge is 0.401 e. The number of rotatable bonds is 12. The lowest BCUT2D eigenvalue weighted by Crippen LogP contribution is -2.50. The number of hydrogen-bond donors (Lipinski definition) is 4. The van der Waals surface area contributed by atoms with E-state index in [-0.39, 0.29) is 24.1 Å². The summed E-state index contributed by atoms with van der Waals surface area (Å²) in [5.74, 6) is -0.770. The number of piperidine rings is 1. The van der Waals surface area contributed by atoms with Gasteiger partial charge in [0.15, 0.2) is 0 Å². The average molecular weight is 594 g/mol. The molecule has 1 fully saturated rings. The number of benzene rings is 1. The highest BCUT2D eigenvalue weighted by atomic mass is 32.2. The number of likely N-dealkylation sites (tertiary alicyclic amines) is 1. The van der Waals surface area contributed by atoms with E-state index in [1.165, 1.54) is 0 Å². The minimum atomic E-state index is -4.47. The van der Waals surface area contributed by atoms with Crippen LogP contribution < -0.4 is 21.5 Å². The first-order chi connectivity index (χ1) is 19.6. The van der Waals surface area contributed by atoms with Gasteiger partial charge in [-0.2, -0.15) is 13.2 Å². The molecule has 4 atom stereocenters. The number of allylic oxidation sites excluding steroid dienone is 5. The molecule has 1 aliphatic heterocycles. The number of carbonyl (C=O) groups is 1. The first-order valence-corrected chi connectivity index (χ1v) is 15.1. The highest BCUT2D eigenvalue weighted by molar-refractivity contribution is 8.01. The second kappa shape index (κ2) is 13.8. The van der Waals surface area contributed by atoms with Gasteiger partial charge in [-0.3, -0.25) is 15.3 Å². The van der Waals surface area contributed by atoms with E-state index >= 15 is 0 Å². The number of carbonyl (C=O) groups excluding carboxylic acids is 1. The second-order valence-corrected chi connectivity index (χ2v) is 11.9. The Hall–Kier alpha value is -2.31. The van der Waals surface area contributed by atoms with Gasteiger partial charge < -0.3 is 20.7 Å². The molecule has 6 N–H and O–H groups in total. The maximum Gasteiger partial charge on any atom is 0.405 e. The first kappa shape index (κ1) is 31.6. The van der Waals surface area contributed by atoms with Gasteiger partial charge in [-0.15, -0.1) is 0 Å². The zero-order valence-electron chi connectivity index (χ0n) is 23.8. The summed E-state index contributed by atoms with van der Waals surface area (Å²) in [6.45, 7) is 3.19. The Morgan fingerprint density at radius 1 is 1.20 bits per heavy atom. The van der Waals surface area contributed by atoms with Crippen LogP contribution in [0, 0.1) is 5.92 Å². The SMILES string of the molecule is COC(NC1CCN(CCCCC2(C(=O)NCC(F)(F)F)c3ccccc3C3C=CC=CC32)CC1)/C(SN)=C(\C)N. The molecule has 0 radical (unpaired) electrons. The van der Waals surface area contributed by atoms with Crippen LogP contribution in [-0.4, -0.2) is 62.5 Å². The molecule has 11 heteroatoms. The van der Waals surface area contributed by atoms with Gasteiger partial charge in [0.2, 0.25) is 5.91 Å². The highest BCUT2D eigenvalue weighted by Gasteiger charge is 2.55. The van der Waals surface area contributed by atoms with Gasteiger partial charge in [0.05, 0.1) is 10.3 Å². The van der Waals surface area contributed by atoms with Crippen molar-refractivity contribution in [2.75, 3.05) is 33.3 Å². The zero-order valence-corrected chi connectivity index (χ0v) is 24.6. The minimum absolute atomic E-state index is 0.0219. The van der Waals surface area contributed by atoms with Crippen LogP contribution in [-0.2, 0) is 14.9 Å². The van der Waals surface area contributed by atoms with Gasteiger partial charge >= 0.3 is 6.18 Å². The van der Waals surface area contributed by atoms with Crippen LogP contribution >= 0.6 is 11.9 Å². The van der Waals surface area contributed by atoms with Gasteiger partial charge in [-0.25, -0.2) is 0 Å². The quantitative estimate of drug-likeness (QED) is 0.161. The normalized spacial score (nSPS) is 25.9. The van der Waals surface area contributed by atoms with Crippen LogP contribution in [0.15, 0.2) is 59.2 Å². The van der Waals surface area contributed by atoms with Crippen molar-refractivity contribution in [2.24, 2.45) is 16.8 Å². The van der Waals surface area contributed by atoms with Gasteiger partial charge in [0.1, 0.15) is 12.8 Å². The monoisotopic (exact) mass is 593 g/mol. The molecule has 41 heavy (non-hydrogen) atoms. The molecule has 1 saturated heterocycles. The molecule has 1 amide bonds. The number of ether oxygens (including phenoxy) is 1. The van der Waals surface area contributed by atoms with Crippen LogP contribution in [0.5, 0.6) is 0 Å². The molecule has 7 nitrogen and oxygen atoms in total. The highest BCUT2D eigenvalue weighted by Crippen LogP contribution is 2.55. The van der Waals surface area contributed by atoms with Crippen LogP contribution in [0.3, 0.4) is 0 Å². The van der Waals surface area contributed by atoms with Crippen molar-refractivity contribution in [3.63, 3.8) is 0 Å². The van der Waals surface area contributed by atoms with Crippen molar-refractivity contribution < 1.29 is 22.7 Å². The van der Waals surface area contributed by atoms with Crippen molar-refractivity contribution >= 4 is 17.9 Å². The Bertz CT molecular complexity index is 1150. The molecule has 4 unspecified atom stereocenters. The zero-order chi connectivity index (χ0) is 29.6. The molecule has 1 aromatic carbocycles. The van der Waals surface area contributed by atoms with E-state index in [0.29, 0.717) is 12.1 Å². The Morgan fingerprint density at radius 2 is 1.90 bits per heavy atom. The second-order valence-electron chi connectivity index (χ2n) is 11.2. The number of fused-ring (bicyclic) bond motifs is 3. The summed E-state index contributed by atoms with van der Waals surface area (Å²) < 4.78 is 44.9. The van der Waals surface area contributed by atoms with E-state index in [2.05, 4.69) is 21.6 Å². The average Bonchev–Trinajstić information content (AvgIpc) is 3.25. The Balaban J connectivity index is 1.37. The number of nitrogens with zero attached hydrogens (tertiary/aromatic N) is 1. The number of amides is 1. The lowest BCUT2D eigenvalue weighted by molar-refractivity contribution is -0.143. The number of nitrogens with one attached hydrogen (secondary N) is 2. The summed E-state index contributed by atoms with van der Waals surface area (Å²) in [5, 5.41) is 11.5. The number of nitrogens with two attached hydrogens (primary N) is 2. The van der Waals surface area contributed by atoms with E-state index in [1.54, 1.807) is 14.0 Å². The van der Waals surface area contributed by atoms with Crippen molar-refractivity contribution in [3.8, 4) is 0 Å². The number of alkyl halides is 3. The van der Waals surface area contributed by atoms with E-state index in [0.717, 1.165) is 73.3 Å². The van der Waals surface area contributed by atoms with Crippen molar-refractivity contribution in [2.45, 2.75) is 68.8 Å². The van der Waals surface area contributed by atoms with Crippen molar-refractivity contribution in [3.05, 3.63) is 70.3 Å². The fraction of sp³-hybridized carbons (Fsp3) is 0.567. The molecule has 4 rings (SSSR count). The standard InChI is InChI=1S/C30H42F3N5O2S/c1-20(34)26(41-35)27(40-2)37-21-13-17-38(18-14-21)16-8-7-15-29(28(39)36-19-30(31,32)33)24-11-5-3-9-22(24)23-10-4-6-12-25(23)29/h3-6,9-12,21-22,24,27,37H,7-8,13-19,34-35H2,1-2H3,(H,36,39)/b26-20-. The third-order valence-electron chi connectivity index (χ3n) is 8.62. The summed E-state index contributed by atoms with van der Waals surface area (Å²) in [5.41, 5.74) is 7.44. The molecule has 1 heterocycles. The Labute approximate surface area is 245 Å². The third-order valence-corrected chi connectivity index (χ3v) is 9.41. The van der Waals surface area contributed by atoms with Crippen LogP contribution in [0.4, 0.5) is 13.2 Å². The molecule has 226 valence electrons. The molecule has 0 spiro atoms. The van der Waals surface area contributed by atoms with E-state index in [1.807, 2.05) is 42.5 Å². The molecule has 3 aliphatic rings. The molecule has 0 bridgehead atoms. The predicted octanol–water partition coefficient (Wildman–Crippen LogP) is 4.44. The summed E-state index contributed by atoms with van der Waals surface area (Å²) >= 11 is 1.10. The number of hydrogen-bond acceptors (Lipinski definition) is 7. The topological polar surface area (TPSA) is 106 Å². The molecule has 1 aromatic rings. The van der Waals surface area contributed by atoms with E-state index in [4.69, 9.17) is 15.6 Å². The molecular weight excluding hydrogens is 551 g/mol. The van der Waals surface area contributed by atoms with Gasteiger partial charge in [-0.1, -0.05) is 55.0 Å². The van der Waals surface area contributed by atoms with Gasteiger partial charge in [-0.05, 0) is 75.3 Å². The number of unbranched alkanes of at least 4 members (excludes halogenated alkanes) is 1. The summed E-state index contributed by atoms with van der Waals surface area (Å²) in [4.78, 5) is 16.9. The largest absolute Gasteiger partial charge is 0.405 e. The molecule has 0 aromatic heterocycles. The lowest BCUT2D eigenvalue weighted by atomic mass is 9.67. The molecule has 0 saturated carbocycles. The maximum atomic E-state index is 13.7. The number of halogens is 3. The summed E-state index contributed by atoms with van der Waals surface area (Å²) in [6, 6.07) is 8.01. The Kier molecular flexibility index (Phi) is 10.6. The van der Waals surface area contributed by atoms with Crippen LogP contribution in [0.1, 0.15) is 56.1 Å². The van der Waals surface area contributed by atoms with E-state index < -0.39 is 24.0 Å². The van der Waals surface area contributed by atoms with Gasteiger partial charge in [0, 0.05) is 30.7 Å². The van der Waals surface area contributed by atoms with Crippen molar-refractivity contribution in [1.82, 2.24) is 15.5 Å². The first-order valence-electron chi connectivity index (χ1n) is 14.2. The van der Waals surface area contributed by atoms with Crippen molar-refractivity contribution in [1.29, 1.82) is 0 Å². The fourth-order valence-corrected chi connectivity index (χ4v) is 7.14. The summed E-state index contributed by atoms with van der Waals surface area (Å²) in [6.07, 6.45) is 7.10. The molecular formula is C30H42F3N5O2S. The lowest BCUT2D eigenvalue weighted by Gasteiger charge is -2.37. The summed E-state index contributed by atoms with van der Waals surface area (Å²) in [7, 11) is 1.63. The Morgan fingerprint density at radius 3 is 2.56 bits per heavy atom. The third kappa shape index (κ3) is 7.19. The number of methoxy groups -OCH3 is 1. The fourth-order valence-electron chi connectivity index (χ4n) is 6.66. The predicted molar refractivity (Wildman–Crippen MR) is 158 cm³/mol. The maximum absolute atomic E-state index is 13.7. The van der Waals surface area contributed by atoms with Crippen LogP contribution in [0.25, 0.3) is 0 Å².